The lowest BCUT2D eigenvalue weighted by Crippen LogP contribution is -2.46. The van der Waals surface area contributed by atoms with E-state index in [1.807, 2.05) is 31.2 Å². The number of hydrogen-bond acceptors (Lipinski definition) is 5. The van der Waals surface area contributed by atoms with E-state index in [0.29, 0.717) is 35.9 Å². The van der Waals surface area contributed by atoms with E-state index in [-0.39, 0.29) is 17.9 Å². The van der Waals surface area contributed by atoms with Crippen LogP contribution in [0.3, 0.4) is 0 Å². The van der Waals surface area contributed by atoms with Gasteiger partial charge in [0.15, 0.2) is 0 Å². The van der Waals surface area contributed by atoms with Gasteiger partial charge in [-0.3, -0.25) is 14.5 Å². The first-order valence-electron chi connectivity index (χ1n) is 9.65. The second kappa shape index (κ2) is 9.41. The lowest BCUT2D eigenvalue weighted by molar-refractivity contribution is -0.117. The molecular formula is C21H27N3O4. The summed E-state index contributed by atoms with van der Waals surface area (Å²) in [4.78, 5) is 26.8. The molecule has 0 unspecified atom stereocenters. The Balaban J connectivity index is 1.45. The molecular weight excluding hydrogens is 358 g/mol. The molecule has 1 aliphatic heterocycles. The second-order valence-electron chi connectivity index (χ2n) is 6.89. The van der Waals surface area contributed by atoms with Crippen molar-refractivity contribution in [3.63, 3.8) is 0 Å². The minimum absolute atomic E-state index is 0.0661. The number of carbonyl (C=O) groups is 2. The Bertz CT molecular complexity index is 809. The fourth-order valence-corrected chi connectivity index (χ4v) is 3.36. The van der Waals surface area contributed by atoms with Crippen molar-refractivity contribution in [3.8, 4) is 5.75 Å². The molecule has 7 heteroatoms. The molecule has 2 amide bonds. The number of furan rings is 1. The molecule has 0 bridgehead atoms. The van der Waals surface area contributed by atoms with Crippen LogP contribution < -0.4 is 15.4 Å². The number of nitrogens with zero attached hydrogens (tertiary/aromatic N) is 1. The fraction of sp³-hybridized carbons (Fsp3) is 0.429. The van der Waals surface area contributed by atoms with E-state index in [1.54, 1.807) is 13.0 Å². The molecule has 1 aromatic heterocycles. The van der Waals surface area contributed by atoms with Crippen LogP contribution in [0, 0.1) is 6.92 Å². The molecule has 0 radical (unpaired) electrons. The van der Waals surface area contributed by atoms with Crippen LogP contribution in [0.5, 0.6) is 5.75 Å². The Labute approximate surface area is 165 Å². The number of ether oxygens (including phenoxy) is 1. The van der Waals surface area contributed by atoms with E-state index >= 15 is 0 Å². The van der Waals surface area contributed by atoms with Gasteiger partial charge in [-0.1, -0.05) is 12.1 Å². The largest absolute Gasteiger partial charge is 0.492 e. The predicted octanol–water partition coefficient (Wildman–Crippen LogP) is 2.82. The van der Waals surface area contributed by atoms with Crippen LogP contribution in [-0.4, -0.2) is 49.0 Å². The summed E-state index contributed by atoms with van der Waals surface area (Å²) in [6, 6.07) is 9.22. The minimum Gasteiger partial charge on any atom is -0.492 e. The lowest BCUT2D eigenvalue weighted by Gasteiger charge is -2.31. The Morgan fingerprint density at radius 2 is 1.96 bits per heavy atom. The molecule has 3 rings (SSSR count). The smallest absolute Gasteiger partial charge is 0.255 e. The number of anilines is 1. The highest BCUT2D eigenvalue weighted by Gasteiger charge is 2.23. The molecule has 0 saturated carbocycles. The van der Waals surface area contributed by atoms with Gasteiger partial charge in [-0.15, -0.1) is 0 Å². The Morgan fingerprint density at radius 1 is 1.21 bits per heavy atom. The number of hydrogen-bond donors (Lipinski definition) is 2. The number of nitrogens with one attached hydrogen (secondary N) is 2. The zero-order chi connectivity index (χ0) is 19.9. The van der Waals surface area contributed by atoms with Gasteiger partial charge in [-0.2, -0.15) is 0 Å². The quantitative estimate of drug-likeness (QED) is 0.766. The van der Waals surface area contributed by atoms with Crippen LogP contribution in [0.1, 0.15) is 35.9 Å². The Morgan fingerprint density at radius 3 is 2.64 bits per heavy atom. The zero-order valence-corrected chi connectivity index (χ0v) is 16.4. The molecule has 2 N–H and O–H groups in total. The van der Waals surface area contributed by atoms with E-state index in [2.05, 4.69) is 15.5 Å². The first-order valence-corrected chi connectivity index (χ1v) is 9.65. The normalized spacial score (nSPS) is 15.2. The monoisotopic (exact) mass is 385 g/mol. The van der Waals surface area contributed by atoms with Gasteiger partial charge in [0.1, 0.15) is 11.5 Å². The van der Waals surface area contributed by atoms with Crippen molar-refractivity contribution in [2.45, 2.75) is 32.7 Å². The summed E-state index contributed by atoms with van der Waals surface area (Å²) < 4.78 is 10.7. The van der Waals surface area contributed by atoms with Crippen molar-refractivity contribution < 1.29 is 18.7 Å². The third-order valence-electron chi connectivity index (χ3n) is 4.85. The molecule has 1 aliphatic rings. The summed E-state index contributed by atoms with van der Waals surface area (Å²) in [6.07, 6.45) is 3.14. The van der Waals surface area contributed by atoms with Crippen LogP contribution in [-0.2, 0) is 4.79 Å². The van der Waals surface area contributed by atoms with Gasteiger partial charge in [0.05, 0.1) is 30.7 Å². The lowest BCUT2D eigenvalue weighted by atomic mass is 10.0. The third kappa shape index (κ3) is 5.13. The molecule has 2 aromatic rings. The van der Waals surface area contributed by atoms with E-state index in [1.165, 1.54) is 6.26 Å². The summed E-state index contributed by atoms with van der Waals surface area (Å²) in [7, 11) is 0. The molecule has 1 saturated heterocycles. The minimum atomic E-state index is -0.102. The molecule has 2 heterocycles. The topological polar surface area (TPSA) is 83.8 Å². The first kappa shape index (κ1) is 19.9. The summed E-state index contributed by atoms with van der Waals surface area (Å²) in [5, 5.41) is 5.98. The molecule has 0 spiro atoms. The molecule has 150 valence electrons. The number of amides is 2. The van der Waals surface area contributed by atoms with E-state index < -0.39 is 0 Å². The number of piperidine rings is 1. The number of carbonyl (C=O) groups excluding carboxylic acids is 2. The maximum absolute atomic E-state index is 12.4. The highest BCUT2D eigenvalue weighted by Crippen LogP contribution is 2.23. The van der Waals surface area contributed by atoms with Gasteiger partial charge in [0, 0.05) is 19.1 Å². The Hall–Kier alpha value is -2.80. The maximum Gasteiger partial charge on any atom is 0.255 e. The molecule has 28 heavy (non-hydrogen) atoms. The highest BCUT2D eigenvalue weighted by atomic mass is 16.5. The average Bonchev–Trinajstić information content (AvgIpc) is 3.11. The Kier molecular flexibility index (Phi) is 6.71. The van der Waals surface area contributed by atoms with Gasteiger partial charge in [0.25, 0.3) is 5.91 Å². The van der Waals surface area contributed by atoms with Gasteiger partial charge in [-0.05, 0) is 44.9 Å². The van der Waals surface area contributed by atoms with Crippen molar-refractivity contribution in [2.75, 3.05) is 31.6 Å². The van der Waals surface area contributed by atoms with E-state index in [4.69, 9.17) is 9.15 Å². The standard InChI is InChI=1S/C21H27N3O4/c1-3-27-19-7-5-4-6-18(19)23-20(25)14-24-11-8-16(9-12-24)22-21(26)17-10-13-28-15(17)2/h4-7,10,13,16H,3,8-9,11-12,14H2,1-2H3,(H,22,26)(H,23,25). The summed E-state index contributed by atoms with van der Waals surface area (Å²) >= 11 is 0. The van der Waals surface area contributed by atoms with Crippen LogP contribution in [0.2, 0.25) is 0 Å². The van der Waals surface area contributed by atoms with Crippen molar-refractivity contribution in [2.24, 2.45) is 0 Å². The number of aryl methyl sites for hydroxylation is 1. The molecule has 7 nitrogen and oxygen atoms in total. The number of benzene rings is 1. The van der Waals surface area contributed by atoms with Crippen molar-refractivity contribution in [1.29, 1.82) is 0 Å². The number of para-hydroxylation sites is 2. The summed E-state index contributed by atoms with van der Waals surface area (Å²) in [5.74, 6) is 1.13. The van der Waals surface area contributed by atoms with Crippen LogP contribution >= 0.6 is 0 Å². The van der Waals surface area contributed by atoms with Crippen molar-refractivity contribution in [3.05, 3.63) is 47.9 Å². The zero-order valence-electron chi connectivity index (χ0n) is 16.4. The van der Waals surface area contributed by atoms with Crippen molar-refractivity contribution in [1.82, 2.24) is 10.2 Å². The molecule has 0 atom stereocenters. The molecule has 1 fully saturated rings. The van der Waals surface area contributed by atoms with Gasteiger partial charge in [-0.25, -0.2) is 0 Å². The van der Waals surface area contributed by atoms with E-state index in [9.17, 15) is 9.59 Å². The van der Waals surface area contributed by atoms with E-state index in [0.717, 1.165) is 25.9 Å². The predicted molar refractivity (Wildman–Crippen MR) is 107 cm³/mol. The molecule has 0 aliphatic carbocycles. The SMILES string of the molecule is CCOc1ccccc1NC(=O)CN1CCC(NC(=O)c2ccoc2C)CC1. The van der Waals surface area contributed by atoms with Gasteiger partial charge >= 0.3 is 0 Å². The summed E-state index contributed by atoms with van der Waals surface area (Å²) in [6.45, 7) is 6.08. The van der Waals surface area contributed by atoms with Gasteiger partial charge < -0.3 is 19.8 Å². The summed E-state index contributed by atoms with van der Waals surface area (Å²) in [5.41, 5.74) is 1.27. The highest BCUT2D eigenvalue weighted by molar-refractivity contribution is 5.95. The van der Waals surface area contributed by atoms with Crippen molar-refractivity contribution >= 4 is 17.5 Å². The van der Waals surface area contributed by atoms with Crippen LogP contribution in [0.15, 0.2) is 41.0 Å². The second-order valence-corrected chi connectivity index (χ2v) is 6.89. The third-order valence-corrected chi connectivity index (χ3v) is 4.85. The number of rotatable bonds is 7. The fourth-order valence-electron chi connectivity index (χ4n) is 3.36. The van der Waals surface area contributed by atoms with Crippen LogP contribution in [0.4, 0.5) is 5.69 Å². The van der Waals surface area contributed by atoms with Crippen LogP contribution in [0.25, 0.3) is 0 Å². The average molecular weight is 385 g/mol. The number of likely N-dealkylation sites (tertiary alicyclic amines) is 1. The maximum atomic E-state index is 12.4. The first-order chi connectivity index (χ1) is 13.6. The molecule has 1 aromatic carbocycles. The van der Waals surface area contributed by atoms with Gasteiger partial charge in [0.2, 0.25) is 5.91 Å².